The number of primary amides is 1. The van der Waals surface area contributed by atoms with E-state index in [1.54, 1.807) is 6.07 Å². The third kappa shape index (κ3) is 5.14. The number of piperazine rings is 1. The number of halogens is 1. The first-order valence-electron chi connectivity index (χ1n) is 12.4. The summed E-state index contributed by atoms with van der Waals surface area (Å²) in [5.41, 5.74) is 8.19. The lowest BCUT2D eigenvalue weighted by atomic mass is 9.87. The van der Waals surface area contributed by atoms with Crippen molar-refractivity contribution in [1.82, 2.24) is 9.80 Å². The van der Waals surface area contributed by atoms with Crippen LogP contribution in [0, 0.1) is 12.8 Å². The average molecular weight is 510 g/mol. The Hall–Kier alpha value is -1.64. The minimum atomic E-state index is -3.37. The number of carbonyl (C=O) groups excluding carboxylic acids is 2. The second-order valence-electron chi connectivity index (χ2n) is 10.3. The molecule has 2 heterocycles. The van der Waals surface area contributed by atoms with Crippen molar-refractivity contribution in [2.75, 3.05) is 25.4 Å². The van der Waals surface area contributed by atoms with Gasteiger partial charge in [-0.3, -0.25) is 14.5 Å². The fraction of sp³-hybridized carbons (Fsp3) is 0.680. The van der Waals surface area contributed by atoms with Crippen molar-refractivity contribution < 1.29 is 18.0 Å². The lowest BCUT2D eigenvalue weighted by Gasteiger charge is -2.41. The predicted molar refractivity (Wildman–Crippen MR) is 133 cm³/mol. The van der Waals surface area contributed by atoms with Crippen LogP contribution in [0.15, 0.2) is 12.1 Å². The number of sulfone groups is 1. The monoisotopic (exact) mass is 509 g/mol. The summed E-state index contributed by atoms with van der Waals surface area (Å²) >= 11 is 6.46. The molecule has 0 bridgehead atoms. The van der Waals surface area contributed by atoms with Gasteiger partial charge in [0.25, 0.3) is 0 Å². The number of nitrogens with two attached hydrogens (primary N) is 1. The minimum absolute atomic E-state index is 0.0929. The summed E-state index contributed by atoms with van der Waals surface area (Å²) in [6.07, 6.45) is 5.30. The summed E-state index contributed by atoms with van der Waals surface area (Å²) in [6.45, 7) is 6.87. The second-order valence-corrected chi connectivity index (χ2v) is 13.1. The molecule has 0 radical (unpaired) electrons. The summed E-state index contributed by atoms with van der Waals surface area (Å²) in [6, 6.07) is 3.72. The van der Waals surface area contributed by atoms with E-state index in [0.29, 0.717) is 42.4 Å². The van der Waals surface area contributed by atoms with Gasteiger partial charge in [-0.2, -0.15) is 0 Å². The lowest BCUT2D eigenvalue weighted by Crippen LogP contribution is -2.54. The van der Waals surface area contributed by atoms with Crippen LogP contribution in [0.25, 0.3) is 0 Å². The maximum atomic E-state index is 12.9. The minimum Gasteiger partial charge on any atom is -0.369 e. The highest BCUT2D eigenvalue weighted by molar-refractivity contribution is 7.92. The summed E-state index contributed by atoms with van der Waals surface area (Å²) < 4.78 is 25.2. The zero-order chi connectivity index (χ0) is 24.6. The van der Waals surface area contributed by atoms with Crippen LogP contribution in [-0.2, 0) is 26.0 Å². The Bertz CT molecular complexity index is 1050. The van der Waals surface area contributed by atoms with Crippen molar-refractivity contribution in [2.24, 2.45) is 11.7 Å². The van der Waals surface area contributed by atoms with Crippen LogP contribution in [0.4, 0.5) is 0 Å². The highest BCUT2D eigenvalue weighted by Gasteiger charge is 2.42. The molecule has 188 valence electrons. The van der Waals surface area contributed by atoms with E-state index in [1.165, 1.54) is 0 Å². The third-order valence-electron chi connectivity index (χ3n) is 8.01. The predicted octanol–water partition coefficient (Wildman–Crippen LogP) is 3.02. The molecule has 1 aromatic carbocycles. The van der Waals surface area contributed by atoms with Gasteiger partial charge in [-0.05, 0) is 68.4 Å². The van der Waals surface area contributed by atoms with E-state index in [0.717, 1.165) is 49.9 Å². The summed E-state index contributed by atoms with van der Waals surface area (Å²) in [4.78, 5) is 29.7. The van der Waals surface area contributed by atoms with Crippen molar-refractivity contribution in [1.29, 1.82) is 0 Å². The van der Waals surface area contributed by atoms with Gasteiger partial charge < -0.3 is 10.6 Å². The van der Waals surface area contributed by atoms with E-state index in [2.05, 4.69) is 11.8 Å². The number of benzene rings is 1. The van der Waals surface area contributed by atoms with E-state index in [-0.39, 0.29) is 17.7 Å². The molecule has 2 N–H and O–H groups in total. The van der Waals surface area contributed by atoms with Crippen LogP contribution in [0.1, 0.15) is 68.1 Å². The van der Waals surface area contributed by atoms with E-state index in [9.17, 15) is 18.0 Å². The first-order chi connectivity index (χ1) is 16.1. The summed E-state index contributed by atoms with van der Waals surface area (Å²) in [7, 11) is -3.37. The van der Waals surface area contributed by atoms with Crippen molar-refractivity contribution >= 4 is 33.3 Å². The van der Waals surface area contributed by atoms with Crippen molar-refractivity contribution in [3.63, 3.8) is 0 Å². The Morgan fingerprint density at radius 1 is 1.15 bits per heavy atom. The van der Waals surface area contributed by atoms with Gasteiger partial charge in [0.15, 0.2) is 9.84 Å². The highest BCUT2D eigenvalue weighted by atomic mass is 35.5. The van der Waals surface area contributed by atoms with E-state index in [4.69, 9.17) is 17.3 Å². The highest BCUT2D eigenvalue weighted by Crippen LogP contribution is 2.37. The Morgan fingerprint density at radius 2 is 1.85 bits per heavy atom. The SMILES string of the molecule is Cc1c(CN2CCN(C(=O)C3CCCC3)[C@@H](C)C2)cc(Cl)cc1C(C(N)=O)C1CCCS1(=O)=O. The van der Waals surface area contributed by atoms with Crippen LogP contribution < -0.4 is 5.73 Å². The molecular formula is C25H36ClN3O4S. The molecule has 7 nitrogen and oxygen atoms in total. The van der Waals surface area contributed by atoms with E-state index in [1.807, 2.05) is 17.9 Å². The van der Waals surface area contributed by atoms with Gasteiger partial charge in [0.2, 0.25) is 11.8 Å². The van der Waals surface area contributed by atoms with Crippen LogP contribution in [0.2, 0.25) is 5.02 Å². The van der Waals surface area contributed by atoms with Crippen LogP contribution in [0.3, 0.4) is 0 Å². The fourth-order valence-electron chi connectivity index (χ4n) is 6.13. The smallest absolute Gasteiger partial charge is 0.226 e. The number of hydrogen-bond donors (Lipinski definition) is 1. The lowest BCUT2D eigenvalue weighted by molar-refractivity contribution is -0.140. The molecule has 0 spiro atoms. The molecule has 3 fully saturated rings. The van der Waals surface area contributed by atoms with Crippen LogP contribution in [-0.4, -0.2) is 66.7 Å². The van der Waals surface area contributed by atoms with Crippen LogP contribution >= 0.6 is 11.6 Å². The second kappa shape index (κ2) is 10.2. The zero-order valence-electron chi connectivity index (χ0n) is 20.1. The molecule has 2 unspecified atom stereocenters. The fourth-order valence-corrected chi connectivity index (χ4v) is 8.47. The third-order valence-corrected chi connectivity index (χ3v) is 10.5. The van der Waals surface area contributed by atoms with Crippen LogP contribution in [0.5, 0.6) is 0 Å². The topological polar surface area (TPSA) is 101 Å². The average Bonchev–Trinajstić information content (AvgIpc) is 3.41. The van der Waals surface area contributed by atoms with E-state index >= 15 is 0 Å². The summed E-state index contributed by atoms with van der Waals surface area (Å²) in [5, 5.41) is -0.319. The molecule has 9 heteroatoms. The van der Waals surface area contributed by atoms with Gasteiger partial charge >= 0.3 is 0 Å². The van der Waals surface area contributed by atoms with Gasteiger partial charge in [0, 0.05) is 43.2 Å². The Balaban J connectivity index is 1.52. The molecule has 2 saturated heterocycles. The molecule has 1 aliphatic carbocycles. The molecule has 2 amide bonds. The quantitative estimate of drug-likeness (QED) is 0.635. The molecule has 3 aliphatic rings. The van der Waals surface area contributed by atoms with Gasteiger partial charge in [0.05, 0.1) is 16.9 Å². The first-order valence-corrected chi connectivity index (χ1v) is 14.5. The standard InChI is InChI=1S/C25H36ClN3O4S/c1-16-14-28(9-10-29(16)25(31)18-6-3-4-7-18)15-19-12-20(26)13-21(17(19)2)23(24(27)30)22-8-5-11-34(22,32)33/h12-13,16,18,22-23H,3-11,14-15H2,1-2H3,(H2,27,30)/t16-,22?,23?/m0/s1. The number of hydrogen-bond acceptors (Lipinski definition) is 5. The van der Waals surface area contributed by atoms with Gasteiger partial charge in [-0.15, -0.1) is 0 Å². The summed E-state index contributed by atoms with van der Waals surface area (Å²) in [5.74, 6) is -0.947. The maximum absolute atomic E-state index is 12.9. The molecule has 0 aromatic heterocycles. The Kier molecular flexibility index (Phi) is 7.60. The molecule has 4 rings (SSSR count). The van der Waals surface area contributed by atoms with Crippen molar-refractivity contribution in [3.05, 3.63) is 33.8 Å². The zero-order valence-corrected chi connectivity index (χ0v) is 21.7. The molecule has 1 saturated carbocycles. The van der Waals surface area contributed by atoms with Crippen molar-refractivity contribution in [2.45, 2.75) is 76.1 Å². The largest absolute Gasteiger partial charge is 0.369 e. The number of carbonyl (C=O) groups is 2. The molecular weight excluding hydrogens is 474 g/mol. The molecule has 3 atom stereocenters. The maximum Gasteiger partial charge on any atom is 0.226 e. The Labute approximate surface area is 207 Å². The van der Waals surface area contributed by atoms with Crippen molar-refractivity contribution in [3.8, 4) is 0 Å². The molecule has 2 aliphatic heterocycles. The molecule has 1 aromatic rings. The molecule has 34 heavy (non-hydrogen) atoms. The first kappa shape index (κ1) is 25.5. The van der Waals surface area contributed by atoms with E-state index < -0.39 is 26.9 Å². The number of amides is 2. The van der Waals surface area contributed by atoms with Gasteiger partial charge in [-0.1, -0.05) is 24.4 Å². The number of rotatable bonds is 6. The van der Waals surface area contributed by atoms with Gasteiger partial charge in [-0.25, -0.2) is 8.42 Å². The van der Waals surface area contributed by atoms with Gasteiger partial charge in [0.1, 0.15) is 0 Å². The number of nitrogens with zero attached hydrogens (tertiary/aromatic N) is 2. The Morgan fingerprint density at radius 3 is 2.44 bits per heavy atom. The normalized spacial score (nSPS) is 26.6.